The van der Waals surface area contributed by atoms with E-state index in [1.165, 1.54) is 31.7 Å². The van der Waals surface area contributed by atoms with E-state index in [2.05, 4.69) is 17.2 Å². The van der Waals surface area contributed by atoms with Gasteiger partial charge in [-0.25, -0.2) is 4.39 Å². The highest BCUT2D eigenvalue weighted by Gasteiger charge is 2.23. The zero-order valence-corrected chi connectivity index (χ0v) is 11.7. The lowest BCUT2D eigenvalue weighted by molar-refractivity contribution is 0.480. The van der Waals surface area contributed by atoms with Crippen LogP contribution < -0.4 is 11.1 Å². The molecular weight excluding hydrogens is 253 g/mol. The maximum Gasteiger partial charge on any atom is 0.150 e. The number of nitrogens with two attached hydrogens (primary N) is 1. The van der Waals surface area contributed by atoms with Crippen molar-refractivity contribution in [2.24, 2.45) is 5.92 Å². The molecule has 3 nitrogen and oxygen atoms in total. The summed E-state index contributed by atoms with van der Waals surface area (Å²) in [6, 6.07) is 5.33. The van der Waals surface area contributed by atoms with E-state index >= 15 is 0 Å². The predicted octanol–water partition coefficient (Wildman–Crippen LogP) is 3.95. The molecule has 3 rings (SSSR count). The second-order valence-electron chi connectivity index (χ2n) is 5.70. The van der Waals surface area contributed by atoms with Crippen LogP contribution in [0.4, 0.5) is 15.8 Å². The molecule has 20 heavy (non-hydrogen) atoms. The Morgan fingerprint density at radius 1 is 1.40 bits per heavy atom. The lowest BCUT2D eigenvalue weighted by atomic mass is 9.99. The number of pyridine rings is 1. The average Bonchev–Trinajstić information content (AvgIpc) is 2.97. The van der Waals surface area contributed by atoms with E-state index in [-0.39, 0.29) is 11.9 Å². The first-order valence-corrected chi connectivity index (χ1v) is 7.26. The van der Waals surface area contributed by atoms with Gasteiger partial charge in [-0.05, 0) is 43.9 Å². The summed E-state index contributed by atoms with van der Waals surface area (Å²) < 4.78 is 14.2. The first-order chi connectivity index (χ1) is 9.66. The predicted molar refractivity (Wildman–Crippen MR) is 81.2 cm³/mol. The molecule has 3 N–H and O–H groups in total. The van der Waals surface area contributed by atoms with Gasteiger partial charge < -0.3 is 11.1 Å². The zero-order chi connectivity index (χ0) is 14.1. The van der Waals surface area contributed by atoms with Gasteiger partial charge in [0, 0.05) is 23.3 Å². The SMILES string of the molecule is CC(Nc1c(F)cc(N)c2cccnc12)C1CCCC1. The van der Waals surface area contributed by atoms with Crippen LogP contribution >= 0.6 is 0 Å². The molecule has 0 spiro atoms. The van der Waals surface area contributed by atoms with Crippen LogP contribution in [0, 0.1) is 11.7 Å². The molecule has 1 aliphatic carbocycles. The molecule has 1 aliphatic rings. The van der Waals surface area contributed by atoms with Crippen LogP contribution in [0.5, 0.6) is 0 Å². The van der Waals surface area contributed by atoms with Crippen LogP contribution in [0.3, 0.4) is 0 Å². The van der Waals surface area contributed by atoms with Gasteiger partial charge in [-0.15, -0.1) is 0 Å². The number of nitrogen functional groups attached to an aromatic ring is 1. The Kier molecular flexibility index (Phi) is 3.47. The van der Waals surface area contributed by atoms with Crippen LogP contribution in [0.25, 0.3) is 10.9 Å². The number of aromatic nitrogens is 1. The monoisotopic (exact) mass is 273 g/mol. The minimum atomic E-state index is -0.321. The summed E-state index contributed by atoms with van der Waals surface area (Å²) in [5.41, 5.74) is 7.41. The Labute approximate surface area is 118 Å². The van der Waals surface area contributed by atoms with Crippen LogP contribution in [0.1, 0.15) is 32.6 Å². The number of hydrogen-bond donors (Lipinski definition) is 2. The number of nitrogens with zero attached hydrogens (tertiary/aromatic N) is 1. The second-order valence-corrected chi connectivity index (χ2v) is 5.70. The molecule has 0 saturated heterocycles. The molecule has 1 unspecified atom stereocenters. The molecule has 0 amide bonds. The summed E-state index contributed by atoms with van der Waals surface area (Å²) >= 11 is 0. The average molecular weight is 273 g/mol. The lowest BCUT2D eigenvalue weighted by Crippen LogP contribution is -2.24. The number of fused-ring (bicyclic) bond motifs is 1. The quantitative estimate of drug-likeness (QED) is 0.833. The summed E-state index contributed by atoms with van der Waals surface area (Å²) in [4.78, 5) is 4.30. The Balaban J connectivity index is 1.98. The standard InChI is InChI=1S/C16H20FN3/c1-10(11-5-2-3-6-11)20-16-13(17)9-14(18)12-7-4-8-19-15(12)16/h4,7-11,20H,2-3,5-6,18H2,1H3. The Morgan fingerprint density at radius 3 is 2.90 bits per heavy atom. The van der Waals surface area contributed by atoms with Crippen LogP contribution in [0.2, 0.25) is 0 Å². The summed E-state index contributed by atoms with van der Waals surface area (Å²) in [5.74, 6) is 0.296. The van der Waals surface area contributed by atoms with E-state index < -0.39 is 0 Å². The molecule has 1 aromatic carbocycles. The molecule has 1 atom stereocenters. The lowest BCUT2D eigenvalue weighted by Gasteiger charge is -2.22. The Bertz CT molecular complexity index is 620. The van der Waals surface area contributed by atoms with Crippen molar-refractivity contribution in [3.05, 3.63) is 30.2 Å². The molecular formula is C16H20FN3. The van der Waals surface area contributed by atoms with Gasteiger partial charge in [0.2, 0.25) is 0 Å². The molecule has 4 heteroatoms. The number of benzene rings is 1. The van der Waals surface area contributed by atoms with E-state index in [4.69, 9.17) is 5.73 Å². The van der Waals surface area contributed by atoms with Crippen molar-refractivity contribution < 1.29 is 4.39 Å². The fourth-order valence-electron chi connectivity index (χ4n) is 3.18. The normalized spacial score (nSPS) is 17.5. The summed E-state index contributed by atoms with van der Waals surface area (Å²) in [6.45, 7) is 2.13. The van der Waals surface area contributed by atoms with Gasteiger partial charge in [-0.3, -0.25) is 4.98 Å². The number of halogens is 1. The minimum absolute atomic E-state index is 0.251. The van der Waals surface area contributed by atoms with Crippen molar-refractivity contribution in [3.8, 4) is 0 Å². The molecule has 0 bridgehead atoms. The molecule has 1 saturated carbocycles. The molecule has 1 fully saturated rings. The van der Waals surface area contributed by atoms with Gasteiger partial charge in [-0.1, -0.05) is 12.8 Å². The van der Waals surface area contributed by atoms with Gasteiger partial charge in [0.1, 0.15) is 0 Å². The highest BCUT2D eigenvalue weighted by atomic mass is 19.1. The van der Waals surface area contributed by atoms with E-state index in [0.717, 1.165) is 5.39 Å². The number of anilines is 2. The maximum atomic E-state index is 14.2. The fraction of sp³-hybridized carbons (Fsp3) is 0.438. The Hall–Kier alpha value is -1.84. The summed E-state index contributed by atoms with van der Waals surface area (Å²) in [5, 5.41) is 4.13. The molecule has 0 aliphatic heterocycles. The van der Waals surface area contributed by atoms with Gasteiger partial charge in [0.25, 0.3) is 0 Å². The van der Waals surface area contributed by atoms with Crippen molar-refractivity contribution in [3.63, 3.8) is 0 Å². The van der Waals surface area contributed by atoms with Crippen LogP contribution in [-0.4, -0.2) is 11.0 Å². The van der Waals surface area contributed by atoms with Crippen molar-refractivity contribution in [1.29, 1.82) is 0 Å². The van der Waals surface area contributed by atoms with E-state index in [9.17, 15) is 4.39 Å². The van der Waals surface area contributed by atoms with Crippen molar-refractivity contribution in [1.82, 2.24) is 4.98 Å². The van der Waals surface area contributed by atoms with Gasteiger partial charge in [-0.2, -0.15) is 0 Å². The van der Waals surface area contributed by atoms with E-state index in [0.29, 0.717) is 22.8 Å². The molecule has 1 heterocycles. The highest BCUT2D eigenvalue weighted by molar-refractivity contribution is 5.98. The van der Waals surface area contributed by atoms with Crippen LogP contribution in [0.15, 0.2) is 24.4 Å². The smallest absolute Gasteiger partial charge is 0.150 e. The first-order valence-electron chi connectivity index (χ1n) is 7.26. The zero-order valence-electron chi connectivity index (χ0n) is 11.7. The van der Waals surface area contributed by atoms with Gasteiger partial charge >= 0.3 is 0 Å². The highest BCUT2D eigenvalue weighted by Crippen LogP contribution is 2.33. The maximum absolute atomic E-state index is 14.2. The number of rotatable bonds is 3. The van der Waals surface area contributed by atoms with E-state index in [1.807, 2.05) is 12.1 Å². The Morgan fingerprint density at radius 2 is 2.15 bits per heavy atom. The molecule has 2 aromatic rings. The molecule has 0 radical (unpaired) electrons. The van der Waals surface area contributed by atoms with Gasteiger partial charge in [0.05, 0.1) is 11.2 Å². The number of hydrogen-bond acceptors (Lipinski definition) is 3. The van der Waals surface area contributed by atoms with Crippen molar-refractivity contribution in [2.45, 2.75) is 38.6 Å². The topological polar surface area (TPSA) is 50.9 Å². The van der Waals surface area contributed by atoms with Crippen molar-refractivity contribution in [2.75, 3.05) is 11.1 Å². The minimum Gasteiger partial charge on any atom is -0.398 e. The largest absolute Gasteiger partial charge is 0.398 e. The molecule has 1 aromatic heterocycles. The third kappa shape index (κ3) is 2.30. The van der Waals surface area contributed by atoms with Gasteiger partial charge in [0.15, 0.2) is 5.82 Å². The van der Waals surface area contributed by atoms with E-state index in [1.54, 1.807) is 6.20 Å². The third-order valence-electron chi connectivity index (χ3n) is 4.36. The second kappa shape index (κ2) is 5.27. The summed E-state index contributed by atoms with van der Waals surface area (Å²) in [6.07, 6.45) is 6.67. The third-order valence-corrected chi connectivity index (χ3v) is 4.36. The first kappa shape index (κ1) is 13.2. The van der Waals surface area contributed by atoms with Crippen molar-refractivity contribution >= 4 is 22.3 Å². The molecule has 106 valence electrons. The van der Waals surface area contributed by atoms with Crippen LogP contribution in [-0.2, 0) is 0 Å². The fourth-order valence-corrected chi connectivity index (χ4v) is 3.18. The number of nitrogens with one attached hydrogen (secondary N) is 1. The summed E-state index contributed by atoms with van der Waals surface area (Å²) in [7, 11) is 0.